The zero-order valence-corrected chi connectivity index (χ0v) is 12.7. The molecule has 0 saturated heterocycles. The lowest BCUT2D eigenvalue weighted by atomic mass is 10.1. The Morgan fingerprint density at radius 1 is 1.11 bits per heavy atom. The fourth-order valence-corrected chi connectivity index (χ4v) is 2.19. The van der Waals surface area contributed by atoms with Crippen molar-refractivity contribution in [2.24, 2.45) is 0 Å². The molecule has 1 atom stereocenters. The van der Waals surface area contributed by atoms with Gasteiger partial charge in [-0.05, 0) is 35.8 Å². The molecule has 1 nitrogen and oxygen atoms in total. The van der Waals surface area contributed by atoms with E-state index in [1.54, 1.807) is 0 Å². The van der Waals surface area contributed by atoms with Crippen LogP contribution in [0.15, 0.2) is 65.6 Å². The summed E-state index contributed by atoms with van der Waals surface area (Å²) in [7, 11) is 0. The monoisotopic (exact) mass is 315 g/mol. The summed E-state index contributed by atoms with van der Waals surface area (Å²) in [4.78, 5) is 0. The molecular weight excluding hydrogens is 298 g/mol. The number of halogens is 1. The van der Waals surface area contributed by atoms with E-state index < -0.39 is 0 Å². The van der Waals surface area contributed by atoms with Crippen molar-refractivity contribution in [1.29, 1.82) is 0 Å². The molecule has 0 unspecified atom stereocenters. The topological polar surface area (TPSA) is 12.0 Å². The standard InChI is InChI=1S/C17H18BrN/c1-13(15-6-4-3-5-7-15)12-19-14(2)16-8-10-17(18)11-9-16/h3-11,14,19H,1,12H2,2H3/t14-/m0/s1. The van der Waals surface area contributed by atoms with Gasteiger partial charge in [-0.15, -0.1) is 0 Å². The van der Waals surface area contributed by atoms with Gasteiger partial charge in [-0.1, -0.05) is 65.0 Å². The highest BCUT2D eigenvalue weighted by Gasteiger charge is 2.05. The maximum absolute atomic E-state index is 4.13. The second kappa shape index (κ2) is 6.69. The van der Waals surface area contributed by atoms with Crippen molar-refractivity contribution in [3.8, 4) is 0 Å². The molecular formula is C17H18BrN. The molecule has 2 aromatic carbocycles. The van der Waals surface area contributed by atoms with Gasteiger partial charge in [-0.2, -0.15) is 0 Å². The Balaban J connectivity index is 1.92. The third-order valence-electron chi connectivity index (χ3n) is 3.17. The van der Waals surface area contributed by atoms with Gasteiger partial charge in [-0.3, -0.25) is 0 Å². The second-order valence-electron chi connectivity index (χ2n) is 4.62. The van der Waals surface area contributed by atoms with Crippen LogP contribution in [0.2, 0.25) is 0 Å². The van der Waals surface area contributed by atoms with Crippen LogP contribution < -0.4 is 5.32 Å². The average molecular weight is 316 g/mol. The molecule has 2 heteroatoms. The molecule has 0 aliphatic carbocycles. The van der Waals surface area contributed by atoms with E-state index in [2.05, 4.69) is 71.1 Å². The molecule has 0 aliphatic heterocycles. The molecule has 1 N–H and O–H groups in total. The van der Waals surface area contributed by atoms with E-state index in [9.17, 15) is 0 Å². The van der Waals surface area contributed by atoms with E-state index in [0.717, 1.165) is 16.6 Å². The lowest BCUT2D eigenvalue weighted by Crippen LogP contribution is -2.20. The molecule has 0 bridgehead atoms. The van der Waals surface area contributed by atoms with Crippen LogP contribution in [-0.2, 0) is 0 Å². The molecule has 19 heavy (non-hydrogen) atoms. The highest BCUT2D eigenvalue weighted by atomic mass is 79.9. The van der Waals surface area contributed by atoms with Gasteiger partial charge in [0.1, 0.15) is 0 Å². The van der Waals surface area contributed by atoms with Gasteiger partial charge < -0.3 is 5.32 Å². The Morgan fingerprint density at radius 3 is 2.37 bits per heavy atom. The van der Waals surface area contributed by atoms with Crippen LogP contribution in [-0.4, -0.2) is 6.54 Å². The van der Waals surface area contributed by atoms with Crippen LogP contribution in [0.3, 0.4) is 0 Å². The predicted octanol–water partition coefficient (Wildman–Crippen LogP) is 4.81. The lowest BCUT2D eigenvalue weighted by molar-refractivity contribution is 0.622. The zero-order chi connectivity index (χ0) is 13.7. The van der Waals surface area contributed by atoms with Gasteiger partial charge in [0.25, 0.3) is 0 Å². The summed E-state index contributed by atoms with van der Waals surface area (Å²) in [5, 5.41) is 3.50. The highest BCUT2D eigenvalue weighted by molar-refractivity contribution is 9.10. The molecule has 0 spiro atoms. The summed E-state index contributed by atoms with van der Waals surface area (Å²) in [5.41, 5.74) is 3.59. The molecule has 2 aromatic rings. The zero-order valence-electron chi connectivity index (χ0n) is 11.1. The number of hydrogen-bond donors (Lipinski definition) is 1. The summed E-state index contributed by atoms with van der Waals surface area (Å²) in [6.07, 6.45) is 0. The fraction of sp³-hybridized carbons (Fsp3) is 0.176. The predicted molar refractivity (Wildman–Crippen MR) is 86.0 cm³/mol. The highest BCUT2D eigenvalue weighted by Crippen LogP contribution is 2.17. The molecule has 0 fully saturated rings. The van der Waals surface area contributed by atoms with Gasteiger partial charge in [-0.25, -0.2) is 0 Å². The van der Waals surface area contributed by atoms with Crippen molar-refractivity contribution < 1.29 is 0 Å². The van der Waals surface area contributed by atoms with Gasteiger partial charge in [0.15, 0.2) is 0 Å². The van der Waals surface area contributed by atoms with Gasteiger partial charge >= 0.3 is 0 Å². The molecule has 98 valence electrons. The Kier molecular flexibility index (Phi) is 4.94. The number of rotatable bonds is 5. The average Bonchev–Trinajstić information content (AvgIpc) is 2.46. The number of benzene rings is 2. The van der Waals surface area contributed by atoms with Gasteiger partial charge in [0, 0.05) is 17.1 Å². The summed E-state index contributed by atoms with van der Waals surface area (Å²) >= 11 is 3.45. The molecule has 0 radical (unpaired) electrons. The fourth-order valence-electron chi connectivity index (χ4n) is 1.92. The minimum Gasteiger partial charge on any atom is -0.306 e. The van der Waals surface area contributed by atoms with Crippen molar-refractivity contribution >= 4 is 21.5 Å². The van der Waals surface area contributed by atoms with Crippen molar-refractivity contribution in [2.45, 2.75) is 13.0 Å². The second-order valence-corrected chi connectivity index (χ2v) is 5.54. The van der Waals surface area contributed by atoms with Crippen LogP contribution in [0.1, 0.15) is 24.1 Å². The SMILES string of the molecule is C=C(CN[C@@H](C)c1ccc(Br)cc1)c1ccccc1. The lowest BCUT2D eigenvalue weighted by Gasteiger charge is -2.15. The summed E-state index contributed by atoms with van der Waals surface area (Å²) in [5.74, 6) is 0. The first-order valence-electron chi connectivity index (χ1n) is 6.39. The summed E-state index contributed by atoms with van der Waals surface area (Å²) in [6, 6.07) is 19.0. The molecule has 0 heterocycles. The first-order chi connectivity index (χ1) is 9.16. The first-order valence-corrected chi connectivity index (χ1v) is 7.18. The van der Waals surface area contributed by atoms with Gasteiger partial charge in [0.05, 0.1) is 0 Å². The minimum absolute atomic E-state index is 0.313. The normalized spacial score (nSPS) is 12.1. The Bertz CT molecular complexity index is 531. The van der Waals surface area contributed by atoms with E-state index in [1.807, 2.05) is 18.2 Å². The van der Waals surface area contributed by atoms with Crippen molar-refractivity contribution in [2.75, 3.05) is 6.54 Å². The van der Waals surface area contributed by atoms with Crippen molar-refractivity contribution in [3.63, 3.8) is 0 Å². The van der Waals surface area contributed by atoms with Crippen LogP contribution in [0.25, 0.3) is 5.57 Å². The van der Waals surface area contributed by atoms with Crippen LogP contribution >= 0.6 is 15.9 Å². The van der Waals surface area contributed by atoms with E-state index in [-0.39, 0.29) is 0 Å². The van der Waals surface area contributed by atoms with Crippen molar-refractivity contribution in [1.82, 2.24) is 5.32 Å². The maximum Gasteiger partial charge on any atom is 0.0294 e. The van der Waals surface area contributed by atoms with Gasteiger partial charge in [0.2, 0.25) is 0 Å². The van der Waals surface area contributed by atoms with E-state index in [0.29, 0.717) is 6.04 Å². The molecule has 0 aromatic heterocycles. The number of hydrogen-bond acceptors (Lipinski definition) is 1. The third kappa shape index (κ3) is 4.05. The molecule has 0 amide bonds. The summed E-state index contributed by atoms with van der Waals surface area (Å²) in [6.45, 7) is 7.10. The Morgan fingerprint density at radius 2 is 1.74 bits per heavy atom. The quantitative estimate of drug-likeness (QED) is 0.834. The molecule has 0 saturated carbocycles. The molecule has 0 aliphatic rings. The van der Waals surface area contributed by atoms with Crippen LogP contribution in [0.5, 0.6) is 0 Å². The van der Waals surface area contributed by atoms with Crippen LogP contribution in [0.4, 0.5) is 0 Å². The largest absolute Gasteiger partial charge is 0.306 e. The third-order valence-corrected chi connectivity index (χ3v) is 3.70. The van der Waals surface area contributed by atoms with E-state index in [4.69, 9.17) is 0 Å². The summed E-state index contributed by atoms with van der Waals surface area (Å²) < 4.78 is 1.11. The van der Waals surface area contributed by atoms with E-state index in [1.165, 1.54) is 11.1 Å². The Labute approximate surface area is 123 Å². The maximum atomic E-state index is 4.13. The smallest absolute Gasteiger partial charge is 0.0294 e. The van der Waals surface area contributed by atoms with Crippen LogP contribution in [0, 0.1) is 0 Å². The number of nitrogens with one attached hydrogen (secondary N) is 1. The Hall–Kier alpha value is -1.38. The first kappa shape index (κ1) is 14.0. The minimum atomic E-state index is 0.313. The van der Waals surface area contributed by atoms with E-state index >= 15 is 0 Å². The molecule has 2 rings (SSSR count). The van der Waals surface area contributed by atoms with Crippen molar-refractivity contribution in [3.05, 3.63) is 76.8 Å².